The zero-order valence-electron chi connectivity index (χ0n) is 9.64. The van der Waals surface area contributed by atoms with Gasteiger partial charge in [0, 0.05) is 6.04 Å². The molecule has 0 saturated heterocycles. The van der Waals surface area contributed by atoms with E-state index in [1.54, 1.807) is 6.92 Å². The van der Waals surface area contributed by atoms with Crippen LogP contribution < -0.4 is 11.1 Å². The third-order valence-electron chi connectivity index (χ3n) is 2.56. The molecular weight excluding hydrogens is 237 g/mol. The Hall–Kier alpha value is -0.820. The lowest BCUT2D eigenvalue weighted by Crippen LogP contribution is -2.57. The summed E-state index contributed by atoms with van der Waals surface area (Å²) in [4.78, 5) is 11.2. The Bertz CT molecular complexity index is 279. The normalized spacial score (nSPS) is 20.0. The van der Waals surface area contributed by atoms with Gasteiger partial charge in [-0.05, 0) is 19.8 Å². The number of rotatable bonds is 7. The molecule has 3 N–H and O–H groups in total. The predicted molar refractivity (Wildman–Crippen MR) is 55.2 cm³/mol. The SMILES string of the molecule is CC(COCCC(F)(F)F)(NC1CC1)C(N)=O. The van der Waals surface area contributed by atoms with Crippen molar-refractivity contribution in [3.63, 3.8) is 0 Å². The number of halogens is 3. The highest BCUT2D eigenvalue weighted by Crippen LogP contribution is 2.23. The van der Waals surface area contributed by atoms with Gasteiger partial charge in [0.05, 0.1) is 19.6 Å². The van der Waals surface area contributed by atoms with Crippen LogP contribution in [-0.4, -0.2) is 36.9 Å². The Morgan fingerprint density at radius 1 is 1.47 bits per heavy atom. The van der Waals surface area contributed by atoms with E-state index in [-0.39, 0.29) is 12.6 Å². The minimum Gasteiger partial charge on any atom is -0.379 e. The summed E-state index contributed by atoms with van der Waals surface area (Å²) in [6.07, 6.45) is -3.37. The van der Waals surface area contributed by atoms with Crippen LogP contribution in [0.15, 0.2) is 0 Å². The van der Waals surface area contributed by atoms with Crippen LogP contribution in [0.4, 0.5) is 13.2 Å². The maximum atomic E-state index is 11.9. The smallest absolute Gasteiger partial charge is 0.379 e. The minimum atomic E-state index is -4.24. The van der Waals surface area contributed by atoms with Crippen LogP contribution in [0, 0.1) is 0 Å². The molecule has 0 spiro atoms. The molecule has 0 aromatic carbocycles. The Morgan fingerprint density at radius 3 is 2.47 bits per heavy atom. The lowest BCUT2D eigenvalue weighted by atomic mass is 10.0. The number of carbonyl (C=O) groups is 1. The second-order valence-electron chi connectivity index (χ2n) is 4.53. The highest BCUT2D eigenvalue weighted by molar-refractivity contribution is 5.84. The van der Waals surface area contributed by atoms with E-state index < -0.39 is 30.7 Å². The molecule has 1 unspecified atom stereocenters. The average molecular weight is 254 g/mol. The van der Waals surface area contributed by atoms with E-state index in [0.717, 1.165) is 12.8 Å². The molecule has 1 saturated carbocycles. The summed E-state index contributed by atoms with van der Waals surface area (Å²) in [5, 5.41) is 2.98. The number of hydrogen-bond acceptors (Lipinski definition) is 3. The van der Waals surface area contributed by atoms with Crippen LogP contribution in [-0.2, 0) is 9.53 Å². The number of alkyl halides is 3. The Labute approximate surface area is 97.7 Å². The van der Waals surface area contributed by atoms with Crippen LogP contribution in [0.3, 0.4) is 0 Å². The zero-order valence-corrected chi connectivity index (χ0v) is 9.64. The molecule has 1 amide bonds. The molecule has 1 aliphatic rings. The summed E-state index contributed by atoms with van der Waals surface area (Å²) in [6, 6.07) is 0.221. The number of nitrogens with two attached hydrogens (primary N) is 1. The van der Waals surface area contributed by atoms with Gasteiger partial charge in [-0.25, -0.2) is 0 Å². The summed E-state index contributed by atoms with van der Waals surface area (Å²) in [5.74, 6) is -0.614. The van der Waals surface area contributed by atoms with E-state index in [1.165, 1.54) is 0 Å². The lowest BCUT2D eigenvalue weighted by Gasteiger charge is -2.27. The summed E-state index contributed by atoms with van der Waals surface area (Å²) < 4.78 is 40.5. The van der Waals surface area contributed by atoms with Gasteiger partial charge in [-0.1, -0.05) is 0 Å². The van der Waals surface area contributed by atoms with Crippen molar-refractivity contribution in [2.75, 3.05) is 13.2 Å². The molecule has 1 rings (SSSR count). The first-order valence-corrected chi connectivity index (χ1v) is 5.45. The van der Waals surface area contributed by atoms with Gasteiger partial charge in [0.25, 0.3) is 0 Å². The van der Waals surface area contributed by atoms with E-state index in [9.17, 15) is 18.0 Å². The molecule has 100 valence electrons. The van der Waals surface area contributed by atoms with Gasteiger partial charge < -0.3 is 10.5 Å². The zero-order chi connectivity index (χ0) is 13.1. The highest BCUT2D eigenvalue weighted by Gasteiger charge is 2.37. The molecule has 0 heterocycles. The van der Waals surface area contributed by atoms with Gasteiger partial charge in [0.15, 0.2) is 0 Å². The largest absolute Gasteiger partial charge is 0.391 e. The summed E-state index contributed by atoms with van der Waals surface area (Å²) in [6.45, 7) is 0.939. The van der Waals surface area contributed by atoms with Crippen LogP contribution in [0.5, 0.6) is 0 Å². The molecule has 17 heavy (non-hydrogen) atoms. The topological polar surface area (TPSA) is 64.3 Å². The standard InChI is InChI=1S/C10H17F3N2O2/c1-9(8(14)16,15-7-2-3-7)6-17-5-4-10(11,12)13/h7,15H,2-6H2,1H3,(H2,14,16). The second-order valence-corrected chi connectivity index (χ2v) is 4.53. The van der Waals surface area contributed by atoms with Crippen molar-refractivity contribution in [3.05, 3.63) is 0 Å². The third kappa shape index (κ3) is 5.36. The van der Waals surface area contributed by atoms with Gasteiger partial charge in [0.1, 0.15) is 5.54 Å². The molecule has 1 atom stereocenters. The average Bonchev–Trinajstić information content (AvgIpc) is 2.94. The number of hydrogen-bond donors (Lipinski definition) is 2. The monoisotopic (exact) mass is 254 g/mol. The van der Waals surface area contributed by atoms with Crippen molar-refractivity contribution in [1.29, 1.82) is 0 Å². The number of nitrogens with one attached hydrogen (secondary N) is 1. The van der Waals surface area contributed by atoms with Gasteiger partial charge in [-0.15, -0.1) is 0 Å². The van der Waals surface area contributed by atoms with Gasteiger partial charge in [0.2, 0.25) is 5.91 Å². The first-order chi connectivity index (χ1) is 7.73. The van der Waals surface area contributed by atoms with Gasteiger partial charge in [-0.3, -0.25) is 10.1 Å². The summed E-state index contributed by atoms with van der Waals surface area (Å²) >= 11 is 0. The number of ether oxygens (including phenoxy) is 1. The summed E-state index contributed by atoms with van der Waals surface area (Å²) in [5.41, 5.74) is 4.12. The number of primary amides is 1. The van der Waals surface area contributed by atoms with Crippen LogP contribution in [0.25, 0.3) is 0 Å². The van der Waals surface area contributed by atoms with Crippen molar-refractivity contribution in [3.8, 4) is 0 Å². The minimum absolute atomic E-state index is 0.144. The van der Waals surface area contributed by atoms with Crippen molar-refractivity contribution < 1.29 is 22.7 Å². The maximum Gasteiger partial charge on any atom is 0.391 e. The van der Waals surface area contributed by atoms with Crippen LogP contribution >= 0.6 is 0 Å². The van der Waals surface area contributed by atoms with E-state index in [2.05, 4.69) is 5.32 Å². The van der Waals surface area contributed by atoms with E-state index in [0.29, 0.717) is 0 Å². The maximum absolute atomic E-state index is 11.9. The molecule has 4 nitrogen and oxygen atoms in total. The number of amides is 1. The Balaban J connectivity index is 2.31. The molecule has 1 fully saturated rings. The molecule has 0 aromatic heterocycles. The number of carbonyl (C=O) groups excluding carboxylic acids is 1. The summed E-state index contributed by atoms with van der Waals surface area (Å²) in [7, 11) is 0. The highest BCUT2D eigenvalue weighted by atomic mass is 19.4. The van der Waals surface area contributed by atoms with E-state index in [4.69, 9.17) is 10.5 Å². The van der Waals surface area contributed by atoms with Crippen LogP contribution in [0.2, 0.25) is 0 Å². The van der Waals surface area contributed by atoms with Gasteiger partial charge >= 0.3 is 6.18 Å². The van der Waals surface area contributed by atoms with E-state index >= 15 is 0 Å². The third-order valence-corrected chi connectivity index (χ3v) is 2.56. The Kier molecular flexibility index (Phi) is 4.37. The molecule has 0 radical (unpaired) electrons. The first kappa shape index (κ1) is 14.2. The molecule has 0 bridgehead atoms. The van der Waals surface area contributed by atoms with Crippen molar-refractivity contribution in [2.45, 2.75) is 43.9 Å². The molecule has 1 aliphatic carbocycles. The fraction of sp³-hybridized carbons (Fsp3) is 0.900. The predicted octanol–water partition coefficient (Wildman–Crippen LogP) is 0.951. The van der Waals surface area contributed by atoms with E-state index in [1.807, 2.05) is 0 Å². The fourth-order valence-electron chi connectivity index (χ4n) is 1.33. The van der Waals surface area contributed by atoms with Crippen molar-refractivity contribution >= 4 is 5.91 Å². The van der Waals surface area contributed by atoms with Gasteiger partial charge in [-0.2, -0.15) is 13.2 Å². The molecule has 7 heteroatoms. The second kappa shape index (κ2) is 5.22. The molecule has 0 aliphatic heterocycles. The van der Waals surface area contributed by atoms with Crippen LogP contribution in [0.1, 0.15) is 26.2 Å². The lowest BCUT2D eigenvalue weighted by molar-refractivity contribution is -0.147. The van der Waals surface area contributed by atoms with Crippen molar-refractivity contribution in [1.82, 2.24) is 5.32 Å². The molecule has 0 aromatic rings. The van der Waals surface area contributed by atoms with Crippen molar-refractivity contribution in [2.24, 2.45) is 5.73 Å². The Morgan fingerprint density at radius 2 is 2.06 bits per heavy atom. The molecular formula is C10H17F3N2O2. The fourth-order valence-corrected chi connectivity index (χ4v) is 1.33. The quantitative estimate of drug-likeness (QED) is 0.665. The first-order valence-electron chi connectivity index (χ1n) is 5.45.